The summed E-state index contributed by atoms with van der Waals surface area (Å²) < 4.78 is 0. The van der Waals surface area contributed by atoms with E-state index < -0.39 is 0 Å². The van der Waals surface area contributed by atoms with Gasteiger partial charge in [-0.2, -0.15) is 0 Å². The number of aliphatic hydroxyl groups is 1. The Morgan fingerprint density at radius 3 is 2.62 bits per heavy atom. The van der Waals surface area contributed by atoms with Gasteiger partial charge in [0.15, 0.2) is 5.78 Å². The molecule has 13 heavy (non-hydrogen) atoms. The zero-order chi connectivity index (χ0) is 9.84. The lowest BCUT2D eigenvalue weighted by Gasteiger charge is -2.11. The SMILES string of the molecule is C=C(C)C(=O)CCC(CO)C1CC1. The second kappa shape index (κ2) is 4.56. The van der Waals surface area contributed by atoms with Gasteiger partial charge in [-0.3, -0.25) is 4.79 Å². The van der Waals surface area contributed by atoms with E-state index in [-0.39, 0.29) is 12.4 Å². The molecule has 0 aromatic heterocycles. The molecule has 0 spiro atoms. The second-order valence-corrected chi connectivity index (χ2v) is 4.02. The summed E-state index contributed by atoms with van der Waals surface area (Å²) in [4.78, 5) is 11.2. The first-order valence-corrected chi connectivity index (χ1v) is 4.94. The molecule has 1 aliphatic rings. The molecular formula is C11H18O2. The summed E-state index contributed by atoms with van der Waals surface area (Å²) in [5.41, 5.74) is 0.632. The van der Waals surface area contributed by atoms with Crippen LogP contribution in [0.25, 0.3) is 0 Å². The summed E-state index contributed by atoms with van der Waals surface area (Å²) in [6.45, 7) is 5.58. The molecule has 0 aromatic rings. The standard InChI is InChI=1S/C11H18O2/c1-8(2)11(13)6-5-10(7-12)9-3-4-9/h9-10,12H,1,3-7H2,2H3. The van der Waals surface area contributed by atoms with Crippen molar-refractivity contribution in [1.29, 1.82) is 0 Å². The zero-order valence-electron chi connectivity index (χ0n) is 8.25. The van der Waals surface area contributed by atoms with E-state index in [4.69, 9.17) is 5.11 Å². The van der Waals surface area contributed by atoms with Crippen LogP contribution in [0.2, 0.25) is 0 Å². The summed E-state index contributed by atoms with van der Waals surface area (Å²) in [6, 6.07) is 0. The van der Waals surface area contributed by atoms with Crippen LogP contribution in [0.3, 0.4) is 0 Å². The Bertz CT molecular complexity index is 204. The Kier molecular flexibility index (Phi) is 3.67. The number of aliphatic hydroxyl groups excluding tert-OH is 1. The molecular weight excluding hydrogens is 164 g/mol. The van der Waals surface area contributed by atoms with Crippen molar-refractivity contribution < 1.29 is 9.90 Å². The van der Waals surface area contributed by atoms with Gasteiger partial charge in [0.05, 0.1) is 0 Å². The third-order valence-corrected chi connectivity index (χ3v) is 2.74. The van der Waals surface area contributed by atoms with Gasteiger partial charge in [-0.1, -0.05) is 6.58 Å². The van der Waals surface area contributed by atoms with Crippen LogP contribution in [-0.4, -0.2) is 17.5 Å². The summed E-state index contributed by atoms with van der Waals surface area (Å²) in [5.74, 6) is 1.17. The molecule has 1 rings (SSSR count). The first-order valence-electron chi connectivity index (χ1n) is 4.94. The lowest BCUT2D eigenvalue weighted by atomic mass is 9.96. The largest absolute Gasteiger partial charge is 0.396 e. The van der Waals surface area contributed by atoms with E-state index >= 15 is 0 Å². The smallest absolute Gasteiger partial charge is 0.157 e. The fourth-order valence-corrected chi connectivity index (χ4v) is 1.57. The molecule has 0 aliphatic heterocycles. The van der Waals surface area contributed by atoms with E-state index in [1.807, 2.05) is 0 Å². The number of ketones is 1. The Morgan fingerprint density at radius 2 is 2.23 bits per heavy atom. The van der Waals surface area contributed by atoms with Crippen molar-refractivity contribution in [2.24, 2.45) is 11.8 Å². The summed E-state index contributed by atoms with van der Waals surface area (Å²) in [5, 5.41) is 9.05. The van der Waals surface area contributed by atoms with Crippen LogP contribution in [-0.2, 0) is 4.79 Å². The molecule has 1 aliphatic carbocycles. The van der Waals surface area contributed by atoms with Crippen LogP contribution in [0, 0.1) is 11.8 Å². The topological polar surface area (TPSA) is 37.3 Å². The monoisotopic (exact) mass is 182 g/mol. The van der Waals surface area contributed by atoms with Gasteiger partial charge < -0.3 is 5.11 Å². The molecule has 1 N–H and O–H groups in total. The molecule has 1 saturated carbocycles. The number of hydrogen-bond donors (Lipinski definition) is 1. The molecule has 0 amide bonds. The van der Waals surface area contributed by atoms with Gasteiger partial charge in [0, 0.05) is 13.0 Å². The van der Waals surface area contributed by atoms with Crippen molar-refractivity contribution in [1.82, 2.24) is 0 Å². The van der Waals surface area contributed by atoms with Gasteiger partial charge in [-0.25, -0.2) is 0 Å². The van der Waals surface area contributed by atoms with Gasteiger partial charge in [-0.15, -0.1) is 0 Å². The number of carbonyl (C=O) groups is 1. The molecule has 0 heterocycles. The van der Waals surface area contributed by atoms with Crippen molar-refractivity contribution in [3.63, 3.8) is 0 Å². The Balaban J connectivity index is 2.23. The molecule has 1 fully saturated rings. The molecule has 2 heteroatoms. The number of carbonyl (C=O) groups excluding carboxylic acids is 1. The average molecular weight is 182 g/mol. The summed E-state index contributed by atoms with van der Waals surface area (Å²) in [7, 11) is 0. The van der Waals surface area contributed by atoms with Crippen molar-refractivity contribution in [2.45, 2.75) is 32.6 Å². The molecule has 1 unspecified atom stereocenters. The maximum Gasteiger partial charge on any atom is 0.157 e. The van der Waals surface area contributed by atoms with E-state index in [0.717, 1.165) is 6.42 Å². The lowest BCUT2D eigenvalue weighted by molar-refractivity contribution is -0.115. The number of hydrogen-bond acceptors (Lipinski definition) is 2. The molecule has 2 nitrogen and oxygen atoms in total. The normalized spacial score (nSPS) is 18.3. The Morgan fingerprint density at radius 1 is 1.62 bits per heavy atom. The fourth-order valence-electron chi connectivity index (χ4n) is 1.57. The molecule has 0 aromatic carbocycles. The minimum absolute atomic E-state index is 0.138. The van der Waals surface area contributed by atoms with Crippen LogP contribution in [0.5, 0.6) is 0 Å². The van der Waals surface area contributed by atoms with E-state index in [0.29, 0.717) is 23.8 Å². The van der Waals surface area contributed by atoms with Crippen molar-refractivity contribution >= 4 is 5.78 Å². The number of rotatable bonds is 6. The van der Waals surface area contributed by atoms with E-state index in [2.05, 4.69) is 6.58 Å². The van der Waals surface area contributed by atoms with Gasteiger partial charge >= 0.3 is 0 Å². The van der Waals surface area contributed by atoms with Crippen molar-refractivity contribution in [2.75, 3.05) is 6.61 Å². The van der Waals surface area contributed by atoms with E-state index in [1.165, 1.54) is 12.8 Å². The van der Waals surface area contributed by atoms with Crippen molar-refractivity contribution in [3.05, 3.63) is 12.2 Å². The average Bonchev–Trinajstić information content (AvgIpc) is 2.88. The van der Waals surface area contributed by atoms with Gasteiger partial charge in [0.1, 0.15) is 0 Å². The van der Waals surface area contributed by atoms with Crippen LogP contribution in [0.4, 0.5) is 0 Å². The fraction of sp³-hybridized carbons (Fsp3) is 0.727. The predicted molar refractivity (Wildman–Crippen MR) is 52.4 cm³/mol. The molecule has 74 valence electrons. The van der Waals surface area contributed by atoms with Gasteiger partial charge in [-0.05, 0) is 43.6 Å². The molecule has 0 saturated heterocycles. The molecule has 0 bridgehead atoms. The summed E-state index contributed by atoms with van der Waals surface area (Å²) in [6.07, 6.45) is 3.84. The van der Waals surface area contributed by atoms with Gasteiger partial charge in [0.25, 0.3) is 0 Å². The van der Waals surface area contributed by atoms with Crippen LogP contribution in [0.15, 0.2) is 12.2 Å². The zero-order valence-corrected chi connectivity index (χ0v) is 8.25. The highest BCUT2D eigenvalue weighted by atomic mass is 16.3. The third kappa shape index (κ3) is 3.31. The third-order valence-electron chi connectivity index (χ3n) is 2.74. The second-order valence-electron chi connectivity index (χ2n) is 4.02. The van der Waals surface area contributed by atoms with Crippen molar-refractivity contribution in [3.8, 4) is 0 Å². The van der Waals surface area contributed by atoms with Gasteiger partial charge in [0.2, 0.25) is 0 Å². The van der Waals surface area contributed by atoms with Crippen LogP contribution < -0.4 is 0 Å². The number of allylic oxidation sites excluding steroid dienone is 1. The highest BCUT2D eigenvalue weighted by Gasteiger charge is 2.30. The molecule has 1 atom stereocenters. The first-order chi connectivity index (χ1) is 6.15. The maximum absolute atomic E-state index is 11.2. The highest BCUT2D eigenvalue weighted by molar-refractivity contribution is 5.94. The van der Waals surface area contributed by atoms with E-state index in [9.17, 15) is 4.79 Å². The Hall–Kier alpha value is -0.630. The minimum Gasteiger partial charge on any atom is -0.396 e. The summed E-state index contributed by atoms with van der Waals surface area (Å²) >= 11 is 0. The highest BCUT2D eigenvalue weighted by Crippen LogP contribution is 2.38. The lowest BCUT2D eigenvalue weighted by Crippen LogP contribution is -2.11. The maximum atomic E-state index is 11.2. The number of Topliss-reactive ketones (excluding diaryl/α,β-unsaturated/α-hetero) is 1. The quantitative estimate of drug-likeness (QED) is 0.637. The predicted octanol–water partition coefficient (Wildman–Crippen LogP) is 1.93. The minimum atomic E-state index is 0.138. The molecule has 0 radical (unpaired) electrons. The first kappa shape index (κ1) is 10.5. The Labute approximate surface area is 79.6 Å². The van der Waals surface area contributed by atoms with Crippen LogP contribution in [0.1, 0.15) is 32.6 Å². The van der Waals surface area contributed by atoms with Crippen LogP contribution >= 0.6 is 0 Å². The van der Waals surface area contributed by atoms with E-state index in [1.54, 1.807) is 6.92 Å².